The zero-order valence-electron chi connectivity index (χ0n) is 12.0. The van der Waals surface area contributed by atoms with Gasteiger partial charge in [-0.15, -0.1) is 12.3 Å². The van der Waals surface area contributed by atoms with Crippen molar-refractivity contribution in [2.45, 2.75) is 6.92 Å². The van der Waals surface area contributed by atoms with Crippen molar-refractivity contribution in [3.05, 3.63) is 53.6 Å². The fourth-order valence-corrected chi connectivity index (χ4v) is 1.88. The van der Waals surface area contributed by atoms with Crippen molar-refractivity contribution in [1.29, 1.82) is 0 Å². The summed E-state index contributed by atoms with van der Waals surface area (Å²) in [7, 11) is 1.50. The van der Waals surface area contributed by atoms with Crippen LogP contribution >= 0.6 is 11.6 Å². The lowest BCUT2D eigenvalue weighted by Gasteiger charge is -1.95. The van der Waals surface area contributed by atoms with Crippen LogP contribution < -0.4 is 5.73 Å². The zero-order chi connectivity index (χ0) is 15.7. The number of benzene rings is 2. The minimum absolute atomic E-state index is 0.656. The lowest BCUT2D eigenvalue weighted by Crippen LogP contribution is -1.76. The molecule has 0 saturated carbocycles. The number of nitrogens with two attached hydrogens (primary N) is 1. The van der Waals surface area contributed by atoms with Crippen molar-refractivity contribution >= 4 is 22.6 Å². The number of nitrogens with zero attached hydrogens (tertiary/aromatic N) is 1. The van der Waals surface area contributed by atoms with Crippen molar-refractivity contribution in [3.8, 4) is 23.6 Å². The van der Waals surface area contributed by atoms with Crippen LogP contribution in [0.2, 0.25) is 5.02 Å². The first kappa shape index (κ1) is 16.8. The molecule has 0 aliphatic carbocycles. The van der Waals surface area contributed by atoms with Gasteiger partial charge >= 0.3 is 0 Å². The van der Waals surface area contributed by atoms with Crippen LogP contribution in [0, 0.1) is 12.3 Å². The fraction of sp³-hybridized carbons (Fsp3) is 0.118. The van der Waals surface area contributed by atoms with Crippen LogP contribution in [0.3, 0.4) is 0 Å². The average molecular weight is 301 g/mol. The molecular weight excluding hydrogens is 284 g/mol. The fourth-order valence-electron chi connectivity index (χ4n) is 1.72. The van der Waals surface area contributed by atoms with E-state index in [1.807, 2.05) is 42.5 Å². The molecule has 0 saturated heterocycles. The van der Waals surface area contributed by atoms with Crippen molar-refractivity contribution in [2.75, 3.05) is 7.05 Å². The quantitative estimate of drug-likeness (QED) is 0.679. The minimum Gasteiger partial charge on any atom is -0.356 e. The number of rotatable bonds is 1. The lowest BCUT2D eigenvalue weighted by atomic mass is 10.1. The molecule has 0 amide bonds. The van der Waals surface area contributed by atoms with E-state index in [1.54, 1.807) is 13.0 Å². The number of aromatic nitrogens is 1. The molecule has 0 atom stereocenters. The maximum absolute atomic E-state index is 5.89. The van der Waals surface area contributed by atoms with E-state index in [-0.39, 0.29) is 0 Å². The van der Waals surface area contributed by atoms with E-state index in [9.17, 15) is 0 Å². The van der Waals surface area contributed by atoms with Crippen LogP contribution in [-0.4, -0.2) is 12.2 Å². The van der Waals surface area contributed by atoms with Gasteiger partial charge < -0.3 is 10.3 Å². The predicted octanol–water partition coefficient (Wildman–Crippen LogP) is 4.36. The van der Waals surface area contributed by atoms with Gasteiger partial charge in [0, 0.05) is 22.0 Å². The number of hydrogen-bond acceptors (Lipinski definition) is 3. The monoisotopic (exact) mass is 300 g/mol. The Labute approximate surface area is 129 Å². The van der Waals surface area contributed by atoms with Crippen molar-refractivity contribution in [2.24, 2.45) is 5.73 Å². The molecule has 2 aromatic carbocycles. The van der Waals surface area contributed by atoms with Gasteiger partial charge in [0.25, 0.3) is 0 Å². The SMILES string of the molecule is C#CC.CN.Clc1ccc2c(-c3ccccc3)noc2c1. The molecule has 0 aliphatic rings. The third-order valence-electron chi connectivity index (χ3n) is 2.48. The van der Waals surface area contributed by atoms with Crippen LogP contribution in [0.15, 0.2) is 53.1 Å². The van der Waals surface area contributed by atoms with Crippen LogP contribution in [-0.2, 0) is 0 Å². The summed E-state index contributed by atoms with van der Waals surface area (Å²) in [5.41, 5.74) is 7.11. The third kappa shape index (κ3) is 4.35. The number of halogens is 1. The van der Waals surface area contributed by atoms with E-state index in [0.717, 1.165) is 16.6 Å². The maximum Gasteiger partial charge on any atom is 0.169 e. The summed E-state index contributed by atoms with van der Waals surface area (Å²) in [5.74, 6) is 2.25. The van der Waals surface area contributed by atoms with Gasteiger partial charge in [-0.05, 0) is 26.1 Å². The average Bonchev–Trinajstić information content (AvgIpc) is 2.94. The van der Waals surface area contributed by atoms with E-state index in [0.29, 0.717) is 10.6 Å². The van der Waals surface area contributed by atoms with Crippen LogP contribution in [0.5, 0.6) is 0 Å². The summed E-state index contributed by atoms with van der Waals surface area (Å²) >= 11 is 5.89. The van der Waals surface area contributed by atoms with Crippen molar-refractivity contribution in [1.82, 2.24) is 5.16 Å². The van der Waals surface area contributed by atoms with E-state index in [4.69, 9.17) is 16.1 Å². The summed E-state index contributed by atoms with van der Waals surface area (Å²) in [6, 6.07) is 15.5. The first-order valence-electron chi connectivity index (χ1n) is 6.31. The number of fused-ring (bicyclic) bond motifs is 1. The second-order valence-electron chi connectivity index (χ2n) is 3.83. The highest BCUT2D eigenvalue weighted by Crippen LogP contribution is 2.29. The molecule has 2 N–H and O–H groups in total. The number of hydrogen-bond donors (Lipinski definition) is 1. The molecule has 0 spiro atoms. The van der Waals surface area contributed by atoms with E-state index in [2.05, 4.69) is 23.2 Å². The normalized spacial score (nSPS) is 8.90. The largest absolute Gasteiger partial charge is 0.356 e. The molecule has 1 heterocycles. The summed E-state index contributed by atoms with van der Waals surface area (Å²) in [5, 5.41) is 5.71. The van der Waals surface area contributed by atoms with E-state index < -0.39 is 0 Å². The molecule has 0 bridgehead atoms. The molecular formula is C17H17ClN2O. The highest BCUT2D eigenvalue weighted by Gasteiger charge is 2.09. The van der Waals surface area contributed by atoms with Crippen LogP contribution in [0.1, 0.15) is 6.92 Å². The molecule has 21 heavy (non-hydrogen) atoms. The summed E-state index contributed by atoms with van der Waals surface area (Å²) in [6.07, 6.45) is 4.60. The first-order chi connectivity index (χ1) is 10.3. The molecule has 3 rings (SSSR count). The van der Waals surface area contributed by atoms with Crippen LogP contribution in [0.4, 0.5) is 0 Å². The molecule has 1 aromatic heterocycles. The van der Waals surface area contributed by atoms with Gasteiger partial charge in [-0.1, -0.05) is 47.1 Å². The highest BCUT2D eigenvalue weighted by atomic mass is 35.5. The van der Waals surface area contributed by atoms with Gasteiger partial charge in [-0.2, -0.15) is 0 Å². The molecule has 108 valence electrons. The van der Waals surface area contributed by atoms with Gasteiger partial charge in [-0.3, -0.25) is 0 Å². The standard InChI is InChI=1S/C13H8ClNO.C3H4.CH5N/c14-10-6-7-11-12(8-10)16-15-13(11)9-4-2-1-3-5-9;1-3-2;1-2/h1-8H;1H,2H3;2H2,1H3. The Morgan fingerprint density at radius 2 is 1.76 bits per heavy atom. The van der Waals surface area contributed by atoms with Crippen molar-refractivity contribution < 1.29 is 4.52 Å². The topological polar surface area (TPSA) is 52.0 Å². The van der Waals surface area contributed by atoms with Crippen molar-refractivity contribution in [3.63, 3.8) is 0 Å². The molecule has 3 aromatic rings. The Kier molecular flexibility index (Phi) is 7.03. The Bertz CT molecular complexity index is 714. The van der Waals surface area contributed by atoms with Crippen LogP contribution in [0.25, 0.3) is 22.2 Å². The smallest absolute Gasteiger partial charge is 0.169 e. The Morgan fingerprint density at radius 1 is 1.14 bits per heavy atom. The molecule has 0 radical (unpaired) electrons. The maximum atomic E-state index is 5.89. The van der Waals surface area contributed by atoms with Gasteiger partial charge in [-0.25, -0.2) is 0 Å². The van der Waals surface area contributed by atoms with Gasteiger partial charge in [0.1, 0.15) is 5.69 Å². The second-order valence-corrected chi connectivity index (χ2v) is 4.26. The Balaban J connectivity index is 0.000000395. The number of terminal acetylenes is 1. The highest BCUT2D eigenvalue weighted by molar-refractivity contribution is 6.31. The predicted molar refractivity (Wildman–Crippen MR) is 89.1 cm³/mol. The van der Waals surface area contributed by atoms with Gasteiger partial charge in [0.05, 0.1) is 0 Å². The zero-order valence-corrected chi connectivity index (χ0v) is 12.8. The molecule has 0 fully saturated rings. The van der Waals surface area contributed by atoms with E-state index >= 15 is 0 Å². The lowest BCUT2D eigenvalue weighted by molar-refractivity contribution is 0.459. The van der Waals surface area contributed by atoms with Gasteiger partial charge in [0.2, 0.25) is 0 Å². The molecule has 0 unspecified atom stereocenters. The Morgan fingerprint density at radius 3 is 2.38 bits per heavy atom. The molecule has 3 nitrogen and oxygen atoms in total. The Hall–Kier alpha value is -2.28. The summed E-state index contributed by atoms with van der Waals surface area (Å²) in [4.78, 5) is 0. The minimum atomic E-state index is 0.656. The second kappa shape index (κ2) is 8.80. The summed E-state index contributed by atoms with van der Waals surface area (Å²) < 4.78 is 5.25. The van der Waals surface area contributed by atoms with E-state index in [1.165, 1.54) is 7.05 Å². The molecule has 4 heteroatoms. The first-order valence-corrected chi connectivity index (χ1v) is 6.69. The van der Waals surface area contributed by atoms with Gasteiger partial charge in [0.15, 0.2) is 5.58 Å². The summed E-state index contributed by atoms with van der Waals surface area (Å²) in [6.45, 7) is 1.65. The molecule has 0 aliphatic heterocycles. The third-order valence-corrected chi connectivity index (χ3v) is 2.72.